The molecule has 1 atom stereocenters. The standard InChI is InChI=1S/C14H24N4O4/c1-11(19)15-12-3-6-16(9-12)10-13(20)17-4-2-5-18(8-7-17)14(21)22/h12H,2-10H2,1H3,(H,15,19)(H,21,22). The van der Waals surface area contributed by atoms with Crippen molar-refractivity contribution in [3.63, 3.8) is 0 Å². The monoisotopic (exact) mass is 312 g/mol. The Balaban J connectivity index is 1.78. The van der Waals surface area contributed by atoms with Crippen LogP contribution in [0, 0.1) is 0 Å². The fourth-order valence-corrected chi connectivity index (χ4v) is 3.03. The van der Waals surface area contributed by atoms with E-state index >= 15 is 0 Å². The largest absolute Gasteiger partial charge is 0.465 e. The van der Waals surface area contributed by atoms with Crippen LogP contribution in [-0.4, -0.2) is 89.6 Å². The summed E-state index contributed by atoms with van der Waals surface area (Å²) in [4.78, 5) is 39.5. The molecule has 2 aliphatic heterocycles. The predicted molar refractivity (Wildman–Crippen MR) is 79.5 cm³/mol. The first-order valence-corrected chi connectivity index (χ1v) is 7.71. The van der Waals surface area contributed by atoms with Gasteiger partial charge in [0, 0.05) is 52.2 Å². The summed E-state index contributed by atoms with van der Waals surface area (Å²) in [6, 6.07) is 0.122. The minimum absolute atomic E-state index is 0.0377. The SMILES string of the molecule is CC(=O)NC1CCN(CC(=O)N2CCCN(C(=O)O)CC2)C1. The maximum absolute atomic E-state index is 12.3. The highest BCUT2D eigenvalue weighted by molar-refractivity contribution is 5.78. The molecule has 124 valence electrons. The molecule has 2 fully saturated rings. The average Bonchev–Trinajstić information content (AvgIpc) is 2.73. The van der Waals surface area contributed by atoms with Crippen molar-refractivity contribution in [1.29, 1.82) is 0 Å². The van der Waals surface area contributed by atoms with E-state index in [1.54, 1.807) is 4.90 Å². The van der Waals surface area contributed by atoms with Crippen LogP contribution in [0.3, 0.4) is 0 Å². The van der Waals surface area contributed by atoms with Crippen molar-refractivity contribution in [3.05, 3.63) is 0 Å². The first-order valence-electron chi connectivity index (χ1n) is 7.71. The highest BCUT2D eigenvalue weighted by Crippen LogP contribution is 2.10. The molecule has 2 rings (SSSR count). The maximum atomic E-state index is 12.3. The van der Waals surface area contributed by atoms with Gasteiger partial charge in [-0.25, -0.2) is 4.79 Å². The van der Waals surface area contributed by atoms with E-state index in [2.05, 4.69) is 5.32 Å². The second-order valence-electron chi connectivity index (χ2n) is 5.93. The second kappa shape index (κ2) is 7.44. The van der Waals surface area contributed by atoms with E-state index in [1.165, 1.54) is 11.8 Å². The van der Waals surface area contributed by atoms with Crippen molar-refractivity contribution < 1.29 is 19.5 Å². The Morgan fingerprint density at radius 3 is 2.45 bits per heavy atom. The number of carbonyl (C=O) groups is 3. The summed E-state index contributed by atoms with van der Waals surface area (Å²) in [5, 5.41) is 11.9. The van der Waals surface area contributed by atoms with Gasteiger partial charge in [0.1, 0.15) is 0 Å². The van der Waals surface area contributed by atoms with Crippen molar-refractivity contribution in [2.45, 2.75) is 25.8 Å². The average molecular weight is 312 g/mol. The minimum Gasteiger partial charge on any atom is -0.465 e. The molecule has 0 bridgehead atoms. The van der Waals surface area contributed by atoms with E-state index in [4.69, 9.17) is 5.11 Å². The zero-order valence-electron chi connectivity index (χ0n) is 13.0. The summed E-state index contributed by atoms with van der Waals surface area (Å²) in [5.41, 5.74) is 0. The molecule has 0 aromatic carbocycles. The van der Waals surface area contributed by atoms with Crippen molar-refractivity contribution >= 4 is 17.9 Å². The van der Waals surface area contributed by atoms with Crippen molar-refractivity contribution in [1.82, 2.24) is 20.0 Å². The molecule has 22 heavy (non-hydrogen) atoms. The lowest BCUT2D eigenvalue weighted by Gasteiger charge is -2.24. The first kappa shape index (κ1) is 16.5. The summed E-state index contributed by atoms with van der Waals surface area (Å²) in [6.07, 6.45) is 0.610. The summed E-state index contributed by atoms with van der Waals surface area (Å²) in [7, 11) is 0. The van der Waals surface area contributed by atoms with E-state index < -0.39 is 6.09 Å². The molecule has 2 saturated heterocycles. The van der Waals surface area contributed by atoms with Crippen molar-refractivity contribution in [2.24, 2.45) is 0 Å². The molecule has 0 aliphatic carbocycles. The van der Waals surface area contributed by atoms with E-state index in [-0.39, 0.29) is 17.9 Å². The van der Waals surface area contributed by atoms with Crippen LogP contribution in [0.4, 0.5) is 4.79 Å². The van der Waals surface area contributed by atoms with Gasteiger partial charge in [0.05, 0.1) is 6.54 Å². The third-order valence-corrected chi connectivity index (χ3v) is 4.16. The van der Waals surface area contributed by atoms with Crippen LogP contribution < -0.4 is 5.32 Å². The van der Waals surface area contributed by atoms with Crippen LogP contribution in [0.15, 0.2) is 0 Å². The fraction of sp³-hybridized carbons (Fsp3) is 0.786. The zero-order valence-corrected chi connectivity index (χ0v) is 13.0. The summed E-state index contributed by atoms with van der Waals surface area (Å²) < 4.78 is 0. The van der Waals surface area contributed by atoms with E-state index in [0.29, 0.717) is 45.7 Å². The molecule has 1 unspecified atom stereocenters. The third kappa shape index (κ3) is 4.59. The summed E-state index contributed by atoms with van der Waals surface area (Å²) in [6.45, 7) is 5.23. The maximum Gasteiger partial charge on any atom is 0.407 e. The lowest BCUT2D eigenvalue weighted by molar-refractivity contribution is -0.132. The van der Waals surface area contributed by atoms with Crippen LogP contribution in [0.2, 0.25) is 0 Å². The Morgan fingerprint density at radius 2 is 1.77 bits per heavy atom. The van der Waals surface area contributed by atoms with Gasteiger partial charge in [-0.05, 0) is 12.8 Å². The third-order valence-electron chi connectivity index (χ3n) is 4.16. The normalized spacial score (nSPS) is 23.2. The number of amides is 3. The molecule has 2 aliphatic rings. The number of carboxylic acid groups (broad SMARTS) is 1. The smallest absolute Gasteiger partial charge is 0.407 e. The number of hydrogen-bond acceptors (Lipinski definition) is 4. The van der Waals surface area contributed by atoms with E-state index in [9.17, 15) is 14.4 Å². The fourth-order valence-electron chi connectivity index (χ4n) is 3.03. The summed E-state index contributed by atoms with van der Waals surface area (Å²) >= 11 is 0. The molecule has 3 amide bonds. The van der Waals surface area contributed by atoms with Crippen LogP contribution in [0.25, 0.3) is 0 Å². The number of carbonyl (C=O) groups excluding carboxylic acids is 2. The number of nitrogens with zero attached hydrogens (tertiary/aromatic N) is 3. The molecule has 2 N–H and O–H groups in total. The molecule has 0 radical (unpaired) electrons. The van der Waals surface area contributed by atoms with Gasteiger partial charge in [-0.3, -0.25) is 14.5 Å². The first-order chi connectivity index (χ1) is 10.5. The van der Waals surface area contributed by atoms with Crippen LogP contribution in [0.5, 0.6) is 0 Å². The van der Waals surface area contributed by atoms with Crippen LogP contribution in [-0.2, 0) is 9.59 Å². The summed E-state index contributed by atoms with van der Waals surface area (Å²) in [5.74, 6) is -0.00447. The lowest BCUT2D eigenvalue weighted by Crippen LogP contribution is -2.43. The molecule has 0 saturated carbocycles. The Bertz CT molecular complexity index is 443. The van der Waals surface area contributed by atoms with Crippen molar-refractivity contribution in [3.8, 4) is 0 Å². The topological polar surface area (TPSA) is 93.2 Å². The predicted octanol–water partition coefficient (Wildman–Crippen LogP) is -0.591. The molecular weight excluding hydrogens is 288 g/mol. The molecule has 8 heteroatoms. The molecule has 8 nitrogen and oxygen atoms in total. The van der Waals surface area contributed by atoms with Gasteiger partial charge in [0.25, 0.3) is 0 Å². The molecule has 0 spiro atoms. The van der Waals surface area contributed by atoms with Gasteiger partial charge >= 0.3 is 6.09 Å². The Kier molecular flexibility index (Phi) is 5.59. The lowest BCUT2D eigenvalue weighted by atomic mass is 10.2. The van der Waals surface area contributed by atoms with Crippen LogP contribution in [0.1, 0.15) is 19.8 Å². The van der Waals surface area contributed by atoms with E-state index in [0.717, 1.165) is 13.0 Å². The Hall–Kier alpha value is -1.83. The molecular formula is C14H24N4O4. The quantitative estimate of drug-likeness (QED) is 0.726. The number of rotatable bonds is 3. The zero-order chi connectivity index (χ0) is 16.1. The van der Waals surface area contributed by atoms with Gasteiger partial charge in [0.2, 0.25) is 11.8 Å². The highest BCUT2D eigenvalue weighted by Gasteiger charge is 2.27. The number of likely N-dealkylation sites (tertiary alicyclic amines) is 1. The van der Waals surface area contributed by atoms with E-state index in [1.807, 2.05) is 4.90 Å². The van der Waals surface area contributed by atoms with Gasteiger partial charge < -0.3 is 20.2 Å². The molecule has 2 heterocycles. The van der Waals surface area contributed by atoms with Gasteiger partial charge in [-0.2, -0.15) is 0 Å². The van der Waals surface area contributed by atoms with Gasteiger partial charge in [-0.1, -0.05) is 0 Å². The Morgan fingerprint density at radius 1 is 1.09 bits per heavy atom. The van der Waals surface area contributed by atoms with Crippen molar-refractivity contribution in [2.75, 3.05) is 45.8 Å². The number of nitrogens with one attached hydrogen (secondary N) is 1. The van der Waals surface area contributed by atoms with Gasteiger partial charge in [0.15, 0.2) is 0 Å². The number of hydrogen-bond donors (Lipinski definition) is 2. The minimum atomic E-state index is -0.924. The van der Waals surface area contributed by atoms with Gasteiger partial charge in [-0.15, -0.1) is 0 Å². The molecule has 0 aromatic heterocycles. The molecule has 0 aromatic rings. The Labute approximate surface area is 130 Å². The second-order valence-corrected chi connectivity index (χ2v) is 5.93. The van der Waals surface area contributed by atoms with Crippen LogP contribution >= 0.6 is 0 Å². The highest BCUT2D eigenvalue weighted by atomic mass is 16.4.